The highest BCUT2D eigenvalue weighted by Gasteiger charge is 2.38. The van der Waals surface area contributed by atoms with Crippen molar-refractivity contribution in [2.45, 2.75) is 5.92 Å². The second-order valence-corrected chi connectivity index (χ2v) is 3.05. The monoisotopic (exact) mass is 208 g/mol. The van der Waals surface area contributed by atoms with E-state index in [1.807, 2.05) is 0 Å². The van der Waals surface area contributed by atoms with Crippen molar-refractivity contribution in [2.24, 2.45) is 0 Å². The second-order valence-electron chi connectivity index (χ2n) is 3.05. The smallest absolute Gasteiger partial charge is 0.322 e. The lowest BCUT2D eigenvalue weighted by molar-refractivity contribution is -0.141. The van der Waals surface area contributed by atoms with Gasteiger partial charge in [-0.2, -0.15) is 0 Å². The molecule has 1 aromatic rings. The number of methoxy groups -OCH3 is 1. The minimum absolute atomic E-state index is 0.201. The number of ether oxygens (including phenoxy) is 1. The number of carboxylic acid groups (broad SMARTS) is 1. The third-order valence-electron chi connectivity index (χ3n) is 2.15. The number of anilines is 1. The summed E-state index contributed by atoms with van der Waals surface area (Å²) in [6.45, 7) is 0. The van der Waals surface area contributed by atoms with Crippen molar-refractivity contribution in [3.63, 3.8) is 0 Å². The molecule has 0 radical (unpaired) electrons. The van der Waals surface area contributed by atoms with Crippen LogP contribution >= 0.6 is 0 Å². The molecule has 6 heteroatoms. The lowest BCUT2D eigenvalue weighted by Gasteiger charge is -2.03. The largest absolute Gasteiger partial charge is 0.481 e. The van der Waals surface area contributed by atoms with E-state index in [2.05, 4.69) is 10.3 Å². The lowest BCUT2D eigenvalue weighted by atomic mass is 10.1. The highest BCUT2D eigenvalue weighted by Crippen LogP contribution is 2.32. The molecule has 1 aromatic heterocycles. The van der Waals surface area contributed by atoms with Crippen molar-refractivity contribution in [2.75, 3.05) is 12.4 Å². The number of carbonyl (C=O) groups excluding carboxylic acids is 1. The number of hydrogen-bond acceptors (Lipinski definition) is 4. The number of carboxylic acids is 1. The van der Waals surface area contributed by atoms with Crippen molar-refractivity contribution in [1.82, 2.24) is 4.98 Å². The summed E-state index contributed by atoms with van der Waals surface area (Å²) in [5, 5.41) is 11.3. The van der Waals surface area contributed by atoms with E-state index in [-0.39, 0.29) is 11.6 Å². The first-order chi connectivity index (χ1) is 7.13. The van der Waals surface area contributed by atoms with Crippen LogP contribution in [0.1, 0.15) is 11.6 Å². The summed E-state index contributed by atoms with van der Waals surface area (Å²) in [4.78, 5) is 26.1. The van der Waals surface area contributed by atoms with E-state index in [0.717, 1.165) is 0 Å². The van der Waals surface area contributed by atoms with Gasteiger partial charge in [-0.05, 0) is 6.07 Å². The van der Waals surface area contributed by atoms with Crippen LogP contribution in [0.5, 0.6) is 5.88 Å². The summed E-state index contributed by atoms with van der Waals surface area (Å²) in [6.07, 6.45) is 0. The number of aromatic nitrogens is 1. The van der Waals surface area contributed by atoms with Crippen LogP contribution < -0.4 is 10.1 Å². The normalized spacial score (nSPS) is 18.2. The van der Waals surface area contributed by atoms with Crippen LogP contribution in [0.25, 0.3) is 0 Å². The molecule has 0 aromatic carbocycles. The van der Waals surface area contributed by atoms with E-state index < -0.39 is 17.8 Å². The summed E-state index contributed by atoms with van der Waals surface area (Å²) < 4.78 is 4.86. The van der Waals surface area contributed by atoms with Crippen molar-refractivity contribution in [1.29, 1.82) is 0 Å². The highest BCUT2D eigenvalue weighted by atomic mass is 16.5. The van der Waals surface area contributed by atoms with Gasteiger partial charge in [-0.1, -0.05) is 0 Å². The first-order valence-electron chi connectivity index (χ1n) is 4.22. The number of nitrogens with zero attached hydrogens (tertiary/aromatic N) is 1. The molecule has 0 bridgehead atoms. The predicted octanol–water partition coefficient (Wildman–Crippen LogP) is 0.210. The number of carbonyl (C=O) groups is 2. The number of aliphatic carboxylic acids is 1. The Bertz CT molecular complexity index is 444. The molecule has 78 valence electrons. The van der Waals surface area contributed by atoms with Gasteiger partial charge in [-0.3, -0.25) is 9.59 Å². The molecule has 0 aliphatic carbocycles. The predicted molar refractivity (Wildman–Crippen MR) is 49.8 cm³/mol. The topological polar surface area (TPSA) is 88.5 Å². The minimum atomic E-state index is -1.24. The maximum atomic E-state index is 11.3. The van der Waals surface area contributed by atoms with Crippen molar-refractivity contribution >= 4 is 17.6 Å². The van der Waals surface area contributed by atoms with E-state index in [1.165, 1.54) is 7.11 Å². The van der Waals surface area contributed by atoms with Gasteiger partial charge in [0.1, 0.15) is 0 Å². The van der Waals surface area contributed by atoms with Crippen LogP contribution in [0.2, 0.25) is 0 Å². The fraction of sp³-hybridized carbons (Fsp3) is 0.222. The van der Waals surface area contributed by atoms with Gasteiger partial charge in [0.15, 0.2) is 5.92 Å². The Morgan fingerprint density at radius 3 is 2.93 bits per heavy atom. The molecule has 2 N–H and O–H groups in total. The molecule has 2 heterocycles. The summed E-state index contributed by atoms with van der Waals surface area (Å²) in [5.74, 6) is -2.74. The molecule has 1 aliphatic heterocycles. The molecule has 0 spiro atoms. The average molecular weight is 208 g/mol. The molecule has 0 fully saturated rings. The Hall–Kier alpha value is -2.11. The van der Waals surface area contributed by atoms with Gasteiger partial charge in [0.05, 0.1) is 18.5 Å². The Kier molecular flexibility index (Phi) is 2.03. The van der Waals surface area contributed by atoms with Crippen LogP contribution in [-0.4, -0.2) is 29.1 Å². The molecule has 1 atom stereocenters. The number of pyridine rings is 1. The van der Waals surface area contributed by atoms with Gasteiger partial charge in [-0.15, -0.1) is 0 Å². The van der Waals surface area contributed by atoms with E-state index in [1.54, 1.807) is 12.1 Å². The second kappa shape index (κ2) is 3.23. The van der Waals surface area contributed by atoms with Crippen molar-refractivity contribution < 1.29 is 19.4 Å². The maximum absolute atomic E-state index is 11.3. The number of amides is 1. The zero-order valence-corrected chi connectivity index (χ0v) is 7.85. The third-order valence-corrected chi connectivity index (χ3v) is 2.15. The molecular weight excluding hydrogens is 200 g/mol. The standard InChI is InChI=1S/C9H8N2O4/c1-15-5-3-2-4-7(11-5)6(9(13)14)8(12)10-4/h2-3,6H,1H3,(H,10,12)(H,13,14)/t6-/m0/s1. The SMILES string of the molecule is COc1ccc2c(n1)[C@H](C(=O)O)C(=O)N2. The van der Waals surface area contributed by atoms with Crippen molar-refractivity contribution in [3.8, 4) is 5.88 Å². The van der Waals surface area contributed by atoms with Crippen molar-refractivity contribution in [3.05, 3.63) is 17.8 Å². The number of rotatable bonds is 2. The van der Waals surface area contributed by atoms with E-state index >= 15 is 0 Å². The van der Waals surface area contributed by atoms with E-state index in [4.69, 9.17) is 9.84 Å². The zero-order chi connectivity index (χ0) is 11.0. The molecule has 0 unspecified atom stereocenters. The molecule has 1 aliphatic rings. The van der Waals surface area contributed by atoms with Gasteiger partial charge in [-0.25, -0.2) is 4.98 Å². The number of nitrogens with one attached hydrogen (secondary N) is 1. The number of hydrogen-bond donors (Lipinski definition) is 2. The summed E-state index contributed by atoms with van der Waals surface area (Å²) in [7, 11) is 1.43. The van der Waals surface area contributed by atoms with Gasteiger partial charge in [0.2, 0.25) is 11.8 Å². The molecule has 0 saturated heterocycles. The molecule has 1 amide bonds. The quantitative estimate of drug-likeness (QED) is 0.678. The van der Waals surface area contributed by atoms with Crippen LogP contribution in [0, 0.1) is 0 Å². The average Bonchev–Trinajstić information content (AvgIpc) is 2.52. The molecule has 0 saturated carbocycles. The molecule has 6 nitrogen and oxygen atoms in total. The molecule has 15 heavy (non-hydrogen) atoms. The molecular formula is C9H8N2O4. The van der Waals surface area contributed by atoms with Crippen LogP contribution in [0.4, 0.5) is 5.69 Å². The first-order valence-corrected chi connectivity index (χ1v) is 4.22. The number of fused-ring (bicyclic) bond motifs is 1. The Morgan fingerprint density at radius 1 is 1.60 bits per heavy atom. The highest BCUT2D eigenvalue weighted by molar-refractivity contribution is 6.13. The maximum Gasteiger partial charge on any atom is 0.322 e. The van der Waals surface area contributed by atoms with Gasteiger partial charge < -0.3 is 15.2 Å². The Labute approximate surface area is 84.9 Å². The van der Waals surface area contributed by atoms with Gasteiger partial charge >= 0.3 is 5.97 Å². The summed E-state index contributed by atoms with van der Waals surface area (Å²) in [5.41, 5.74) is 0.625. The van der Waals surface area contributed by atoms with Gasteiger partial charge in [0.25, 0.3) is 0 Å². The fourth-order valence-corrected chi connectivity index (χ4v) is 1.45. The van der Waals surface area contributed by atoms with E-state index in [0.29, 0.717) is 5.69 Å². The lowest BCUT2D eigenvalue weighted by Crippen LogP contribution is -2.20. The van der Waals surface area contributed by atoms with Crippen LogP contribution in [0.15, 0.2) is 12.1 Å². The Morgan fingerprint density at radius 2 is 2.33 bits per heavy atom. The van der Waals surface area contributed by atoms with Gasteiger partial charge in [0, 0.05) is 6.07 Å². The van der Waals surface area contributed by atoms with Crippen LogP contribution in [0.3, 0.4) is 0 Å². The Balaban J connectivity index is 2.50. The fourth-order valence-electron chi connectivity index (χ4n) is 1.45. The summed E-state index contributed by atoms with van der Waals surface area (Å²) in [6, 6.07) is 3.13. The van der Waals surface area contributed by atoms with Crippen LogP contribution in [-0.2, 0) is 9.59 Å². The minimum Gasteiger partial charge on any atom is -0.481 e. The summed E-state index contributed by atoms with van der Waals surface area (Å²) >= 11 is 0. The third kappa shape index (κ3) is 1.39. The van der Waals surface area contributed by atoms with E-state index in [9.17, 15) is 9.59 Å². The molecule has 2 rings (SSSR count). The zero-order valence-electron chi connectivity index (χ0n) is 7.85. The first kappa shape index (κ1) is 9.45.